The highest BCUT2D eigenvalue weighted by molar-refractivity contribution is 5.81. The van der Waals surface area contributed by atoms with Gasteiger partial charge >= 0.3 is 6.18 Å². The van der Waals surface area contributed by atoms with Gasteiger partial charge in [-0.3, -0.25) is 9.20 Å². The van der Waals surface area contributed by atoms with E-state index in [4.69, 9.17) is 0 Å². The minimum atomic E-state index is -4.33. The summed E-state index contributed by atoms with van der Waals surface area (Å²) in [5, 5.41) is 8.27. The minimum Gasteiger partial charge on any atom is -0.300 e. The van der Waals surface area contributed by atoms with Gasteiger partial charge in [0.05, 0.1) is 29.7 Å². The van der Waals surface area contributed by atoms with E-state index in [0.717, 1.165) is 28.2 Å². The van der Waals surface area contributed by atoms with Gasteiger partial charge in [0.25, 0.3) is 0 Å². The number of nitrogens with zero attached hydrogens (tertiary/aromatic N) is 5. The number of aryl methyl sites for hydroxylation is 2. The Kier molecular flexibility index (Phi) is 5.73. The Labute approximate surface area is 182 Å². The van der Waals surface area contributed by atoms with E-state index >= 15 is 0 Å². The number of imidazole rings is 1. The van der Waals surface area contributed by atoms with Crippen molar-refractivity contribution in [1.82, 2.24) is 24.6 Å². The zero-order valence-corrected chi connectivity index (χ0v) is 17.5. The predicted molar refractivity (Wildman–Crippen MR) is 113 cm³/mol. The maximum Gasteiger partial charge on any atom is 0.389 e. The lowest BCUT2D eigenvalue weighted by Crippen LogP contribution is -2.12. The highest BCUT2D eigenvalue weighted by Crippen LogP contribution is 2.26. The summed E-state index contributed by atoms with van der Waals surface area (Å²) in [6.07, 6.45) is -2.41. The summed E-state index contributed by atoms with van der Waals surface area (Å²) >= 11 is 0. The molecule has 9 heteroatoms. The Morgan fingerprint density at radius 1 is 1.03 bits per heavy atom. The predicted octanol–water partition coefficient (Wildman–Crippen LogP) is 4.92. The van der Waals surface area contributed by atoms with Crippen LogP contribution in [0.1, 0.15) is 29.8 Å². The summed E-state index contributed by atoms with van der Waals surface area (Å²) in [5.41, 5.74) is 5.33. The molecule has 32 heavy (non-hydrogen) atoms. The Morgan fingerprint density at radius 3 is 2.59 bits per heavy atom. The van der Waals surface area contributed by atoms with Gasteiger partial charge < -0.3 is 0 Å². The van der Waals surface area contributed by atoms with E-state index in [1.54, 1.807) is 24.4 Å². The third-order valence-electron chi connectivity index (χ3n) is 5.17. The van der Waals surface area contributed by atoms with Crippen LogP contribution in [0.5, 0.6) is 0 Å². The molecule has 0 atom stereocenters. The number of carbonyl (C=O) groups excluding carboxylic acids is 1. The van der Waals surface area contributed by atoms with E-state index in [1.807, 2.05) is 42.6 Å². The normalized spacial score (nSPS) is 11.8. The van der Waals surface area contributed by atoms with Crippen molar-refractivity contribution in [2.45, 2.75) is 39.3 Å². The van der Waals surface area contributed by atoms with Gasteiger partial charge in [-0.05, 0) is 37.6 Å². The molecule has 0 spiro atoms. The van der Waals surface area contributed by atoms with Crippen LogP contribution < -0.4 is 0 Å². The number of pyridine rings is 1. The number of halogens is 3. The molecule has 0 amide bonds. The number of fused-ring (bicyclic) bond motifs is 1. The largest absolute Gasteiger partial charge is 0.389 e. The molecular weight excluding hydrogens is 419 g/mol. The molecule has 1 aromatic carbocycles. The van der Waals surface area contributed by atoms with E-state index in [-0.39, 0.29) is 6.42 Å². The third kappa shape index (κ3) is 4.82. The number of aromatic nitrogens is 5. The number of alkyl halides is 3. The quantitative estimate of drug-likeness (QED) is 0.426. The molecule has 3 aromatic heterocycles. The van der Waals surface area contributed by atoms with Crippen LogP contribution in [0.3, 0.4) is 0 Å². The summed E-state index contributed by atoms with van der Waals surface area (Å²) in [5.74, 6) is 0.0729. The van der Waals surface area contributed by atoms with Gasteiger partial charge in [-0.25, -0.2) is 9.97 Å². The average Bonchev–Trinajstić information content (AvgIpc) is 3.17. The molecular formula is C23H20F3N5O. The SMILES string of the molecule is Cc1nnc(-c2ccn3c(-c4cccc(CC(=O)CCC(F)(F)F)c4)cnc3c2)nc1C. The first kappa shape index (κ1) is 21.6. The van der Waals surface area contributed by atoms with E-state index in [1.165, 1.54) is 0 Å². The Hall–Kier alpha value is -3.62. The van der Waals surface area contributed by atoms with Crippen LogP contribution in [0.15, 0.2) is 48.8 Å². The van der Waals surface area contributed by atoms with Crippen molar-refractivity contribution in [2.24, 2.45) is 0 Å². The second kappa shape index (κ2) is 8.49. The van der Waals surface area contributed by atoms with Crippen LogP contribution in [0.4, 0.5) is 13.2 Å². The molecule has 0 N–H and O–H groups in total. The molecule has 4 aromatic rings. The maximum atomic E-state index is 12.4. The van der Waals surface area contributed by atoms with Crippen LogP contribution >= 0.6 is 0 Å². The Morgan fingerprint density at radius 2 is 1.84 bits per heavy atom. The van der Waals surface area contributed by atoms with Gasteiger partial charge in [0.15, 0.2) is 5.82 Å². The standard InChI is InChI=1S/C23H20F3N5O/c1-14-15(2)29-30-22(28-14)18-7-9-31-20(13-27-21(31)12-18)17-5-3-4-16(10-17)11-19(32)6-8-23(24,25)26/h3-5,7,9-10,12-13H,6,8,11H2,1-2H3. The second-order valence-corrected chi connectivity index (χ2v) is 7.62. The smallest absolute Gasteiger partial charge is 0.300 e. The topological polar surface area (TPSA) is 73.0 Å². The lowest BCUT2D eigenvalue weighted by Gasteiger charge is -2.08. The number of ketones is 1. The lowest BCUT2D eigenvalue weighted by molar-refractivity contribution is -0.143. The minimum absolute atomic E-state index is 0.0398. The monoisotopic (exact) mass is 439 g/mol. The van der Waals surface area contributed by atoms with E-state index < -0.39 is 24.8 Å². The molecule has 4 rings (SSSR count). The molecule has 3 heterocycles. The molecule has 164 valence electrons. The summed E-state index contributed by atoms with van der Waals surface area (Å²) in [6.45, 7) is 3.72. The second-order valence-electron chi connectivity index (χ2n) is 7.62. The summed E-state index contributed by atoms with van der Waals surface area (Å²) < 4.78 is 39.0. The molecule has 6 nitrogen and oxygen atoms in total. The van der Waals surface area contributed by atoms with Crippen molar-refractivity contribution in [3.63, 3.8) is 0 Å². The number of carbonyl (C=O) groups is 1. The molecule has 0 aliphatic rings. The van der Waals surface area contributed by atoms with Crippen LogP contribution in [0, 0.1) is 13.8 Å². The van der Waals surface area contributed by atoms with Crippen molar-refractivity contribution in [3.8, 4) is 22.6 Å². The third-order valence-corrected chi connectivity index (χ3v) is 5.17. The molecule has 0 unspecified atom stereocenters. The van der Waals surface area contributed by atoms with Crippen molar-refractivity contribution >= 4 is 11.4 Å². The molecule has 0 bridgehead atoms. The van der Waals surface area contributed by atoms with Gasteiger partial charge in [0.1, 0.15) is 11.4 Å². The fourth-order valence-electron chi connectivity index (χ4n) is 3.35. The summed E-state index contributed by atoms with van der Waals surface area (Å²) in [7, 11) is 0. The molecule has 0 saturated heterocycles. The first-order valence-electron chi connectivity index (χ1n) is 10.0. The first-order chi connectivity index (χ1) is 15.2. The van der Waals surface area contributed by atoms with E-state index in [9.17, 15) is 18.0 Å². The zero-order valence-electron chi connectivity index (χ0n) is 17.5. The molecule has 0 aliphatic carbocycles. The Bertz CT molecular complexity index is 1300. The van der Waals surface area contributed by atoms with Gasteiger partial charge in [-0.1, -0.05) is 18.2 Å². The van der Waals surface area contributed by atoms with Crippen LogP contribution in [0.25, 0.3) is 28.3 Å². The Balaban J connectivity index is 1.58. The fraction of sp³-hybridized carbons (Fsp3) is 0.261. The van der Waals surface area contributed by atoms with Crippen LogP contribution in [-0.4, -0.2) is 36.5 Å². The average molecular weight is 439 g/mol. The van der Waals surface area contributed by atoms with Gasteiger partial charge in [-0.2, -0.15) is 18.3 Å². The van der Waals surface area contributed by atoms with Gasteiger partial charge in [-0.15, -0.1) is 5.10 Å². The number of rotatable bonds is 6. The molecule has 0 aliphatic heterocycles. The van der Waals surface area contributed by atoms with Crippen molar-refractivity contribution in [2.75, 3.05) is 0 Å². The van der Waals surface area contributed by atoms with Crippen LogP contribution in [0.2, 0.25) is 0 Å². The molecule has 0 saturated carbocycles. The summed E-state index contributed by atoms with van der Waals surface area (Å²) in [4.78, 5) is 20.9. The maximum absolute atomic E-state index is 12.4. The number of hydrogen-bond donors (Lipinski definition) is 0. The van der Waals surface area contributed by atoms with Crippen molar-refractivity contribution < 1.29 is 18.0 Å². The van der Waals surface area contributed by atoms with E-state index in [0.29, 0.717) is 17.0 Å². The van der Waals surface area contributed by atoms with Crippen molar-refractivity contribution in [1.29, 1.82) is 0 Å². The number of Topliss-reactive ketones (excluding diaryl/α,β-unsaturated/α-hetero) is 1. The zero-order chi connectivity index (χ0) is 22.9. The first-order valence-corrected chi connectivity index (χ1v) is 10.0. The van der Waals surface area contributed by atoms with Gasteiger partial charge in [0.2, 0.25) is 0 Å². The highest BCUT2D eigenvalue weighted by Gasteiger charge is 2.27. The number of benzene rings is 1. The summed E-state index contributed by atoms with van der Waals surface area (Å²) in [6, 6.07) is 10.9. The molecule has 0 fully saturated rings. The van der Waals surface area contributed by atoms with Crippen LogP contribution in [-0.2, 0) is 11.2 Å². The van der Waals surface area contributed by atoms with E-state index in [2.05, 4.69) is 20.2 Å². The van der Waals surface area contributed by atoms with Gasteiger partial charge in [0, 0.05) is 30.2 Å². The number of hydrogen-bond acceptors (Lipinski definition) is 5. The molecule has 0 radical (unpaired) electrons. The fourth-order valence-corrected chi connectivity index (χ4v) is 3.35. The highest BCUT2D eigenvalue weighted by atomic mass is 19.4. The lowest BCUT2D eigenvalue weighted by atomic mass is 10.0. The van der Waals surface area contributed by atoms with Crippen molar-refractivity contribution in [3.05, 3.63) is 65.7 Å².